The van der Waals surface area contributed by atoms with Crippen molar-refractivity contribution in [2.45, 2.75) is 10.9 Å². The smallest absolute Gasteiger partial charge is 0.0592 e. The molecule has 2 N–H and O–H groups in total. The molecule has 4 heteroatoms. The van der Waals surface area contributed by atoms with E-state index in [-0.39, 0.29) is 12.6 Å². The zero-order valence-corrected chi connectivity index (χ0v) is 9.61. The Hall–Kier alpha value is -0.220. The Morgan fingerprint density at radius 1 is 1.57 bits per heavy atom. The fourth-order valence-corrected chi connectivity index (χ4v) is 2.29. The average molecular weight is 232 g/mol. The van der Waals surface area contributed by atoms with Gasteiger partial charge in [-0.1, -0.05) is 17.7 Å². The molecule has 1 aromatic carbocycles. The maximum atomic E-state index is 8.96. The highest BCUT2D eigenvalue weighted by atomic mass is 35.5. The second-order valence-corrected chi connectivity index (χ2v) is 4.47. The summed E-state index contributed by atoms with van der Waals surface area (Å²) < 4.78 is 0. The maximum Gasteiger partial charge on any atom is 0.0592 e. The minimum Gasteiger partial charge on any atom is -0.395 e. The minimum absolute atomic E-state index is 0.138. The summed E-state index contributed by atoms with van der Waals surface area (Å²) in [5.41, 5.74) is 0. The van der Waals surface area contributed by atoms with Gasteiger partial charge in [-0.15, -0.1) is 11.8 Å². The van der Waals surface area contributed by atoms with Crippen LogP contribution in [0.25, 0.3) is 0 Å². The molecule has 78 valence electrons. The molecule has 1 aromatic rings. The summed E-state index contributed by atoms with van der Waals surface area (Å²) in [4.78, 5) is 1.13. The van der Waals surface area contributed by atoms with Crippen molar-refractivity contribution in [1.29, 1.82) is 0 Å². The van der Waals surface area contributed by atoms with Gasteiger partial charge in [0.15, 0.2) is 0 Å². The number of thioether (sulfide) groups is 1. The fourth-order valence-electron chi connectivity index (χ4n) is 0.981. The Labute approximate surface area is 93.7 Å². The van der Waals surface area contributed by atoms with Crippen LogP contribution in [0.1, 0.15) is 0 Å². The zero-order chi connectivity index (χ0) is 10.4. The third kappa shape index (κ3) is 3.88. The first-order chi connectivity index (χ1) is 6.76. The SMILES string of the molecule is CNC(CO)CSc1cccc(Cl)c1. The molecule has 1 atom stereocenters. The lowest BCUT2D eigenvalue weighted by Crippen LogP contribution is -2.31. The summed E-state index contributed by atoms with van der Waals surface area (Å²) in [5.74, 6) is 0.841. The molecule has 0 aromatic heterocycles. The van der Waals surface area contributed by atoms with Crippen LogP contribution in [-0.4, -0.2) is 30.6 Å². The van der Waals surface area contributed by atoms with Gasteiger partial charge in [-0.05, 0) is 25.2 Å². The Bertz CT molecular complexity index is 279. The number of benzene rings is 1. The summed E-state index contributed by atoms with van der Waals surface area (Å²) >= 11 is 7.53. The van der Waals surface area contributed by atoms with E-state index in [0.717, 1.165) is 15.7 Å². The summed E-state index contributed by atoms with van der Waals surface area (Å²) in [6.07, 6.45) is 0. The van der Waals surface area contributed by atoms with Gasteiger partial charge < -0.3 is 10.4 Å². The van der Waals surface area contributed by atoms with Crippen LogP contribution in [0.15, 0.2) is 29.2 Å². The molecule has 0 fully saturated rings. The van der Waals surface area contributed by atoms with Gasteiger partial charge in [-0.3, -0.25) is 0 Å². The van der Waals surface area contributed by atoms with Crippen LogP contribution in [0, 0.1) is 0 Å². The predicted octanol–water partition coefficient (Wildman–Crippen LogP) is 2.01. The number of aliphatic hydroxyl groups is 1. The Balaban J connectivity index is 2.44. The first-order valence-electron chi connectivity index (χ1n) is 4.42. The fraction of sp³-hybridized carbons (Fsp3) is 0.400. The van der Waals surface area contributed by atoms with Crippen molar-refractivity contribution in [3.05, 3.63) is 29.3 Å². The zero-order valence-electron chi connectivity index (χ0n) is 8.03. The third-order valence-electron chi connectivity index (χ3n) is 1.88. The van der Waals surface area contributed by atoms with Gasteiger partial charge >= 0.3 is 0 Å². The summed E-state index contributed by atoms with van der Waals surface area (Å²) in [6.45, 7) is 0.157. The van der Waals surface area contributed by atoms with E-state index in [9.17, 15) is 0 Å². The maximum absolute atomic E-state index is 8.96. The quantitative estimate of drug-likeness (QED) is 0.761. The largest absolute Gasteiger partial charge is 0.395 e. The Morgan fingerprint density at radius 2 is 2.36 bits per heavy atom. The topological polar surface area (TPSA) is 32.3 Å². The number of hydrogen-bond donors (Lipinski definition) is 2. The van der Waals surface area contributed by atoms with Gasteiger partial charge in [0.05, 0.1) is 6.61 Å². The van der Waals surface area contributed by atoms with Gasteiger partial charge in [0.2, 0.25) is 0 Å². The van der Waals surface area contributed by atoms with E-state index < -0.39 is 0 Å². The van der Waals surface area contributed by atoms with E-state index >= 15 is 0 Å². The number of aliphatic hydroxyl groups excluding tert-OH is 1. The molecule has 0 saturated carbocycles. The number of rotatable bonds is 5. The number of halogens is 1. The lowest BCUT2D eigenvalue weighted by atomic mass is 10.4. The molecular weight excluding hydrogens is 218 g/mol. The van der Waals surface area contributed by atoms with Crippen LogP contribution < -0.4 is 5.32 Å². The van der Waals surface area contributed by atoms with Crippen LogP contribution in [0.4, 0.5) is 0 Å². The van der Waals surface area contributed by atoms with Gasteiger partial charge in [-0.25, -0.2) is 0 Å². The standard InChI is InChI=1S/C10H14ClNOS/c1-12-9(6-13)7-14-10-4-2-3-8(11)5-10/h2-5,9,12-13H,6-7H2,1H3. The highest BCUT2D eigenvalue weighted by Gasteiger charge is 2.04. The molecule has 1 unspecified atom stereocenters. The normalized spacial score (nSPS) is 12.8. The molecule has 0 radical (unpaired) electrons. The van der Waals surface area contributed by atoms with Gasteiger partial charge in [0.25, 0.3) is 0 Å². The second kappa shape index (κ2) is 6.30. The minimum atomic E-state index is 0.138. The van der Waals surface area contributed by atoms with Crippen LogP contribution in [0.3, 0.4) is 0 Å². The van der Waals surface area contributed by atoms with E-state index in [1.165, 1.54) is 0 Å². The highest BCUT2D eigenvalue weighted by molar-refractivity contribution is 7.99. The lowest BCUT2D eigenvalue weighted by Gasteiger charge is -2.12. The summed E-state index contributed by atoms with van der Waals surface area (Å²) in [7, 11) is 1.85. The number of nitrogens with one attached hydrogen (secondary N) is 1. The summed E-state index contributed by atoms with van der Waals surface area (Å²) in [5, 5.41) is 12.7. The van der Waals surface area contributed by atoms with Gasteiger partial charge in [0.1, 0.15) is 0 Å². The molecule has 0 aliphatic heterocycles. The molecule has 2 nitrogen and oxygen atoms in total. The van der Waals surface area contributed by atoms with Crippen LogP contribution in [-0.2, 0) is 0 Å². The summed E-state index contributed by atoms with van der Waals surface area (Å²) in [6, 6.07) is 7.86. The van der Waals surface area contributed by atoms with Gasteiger partial charge in [0, 0.05) is 21.7 Å². The average Bonchev–Trinajstić information content (AvgIpc) is 2.19. The van der Waals surface area contributed by atoms with Crippen molar-refractivity contribution in [3.63, 3.8) is 0 Å². The molecular formula is C10H14ClNOS. The van der Waals surface area contributed by atoms with E-state index in [2.05, 4.69) is 5.32 Å². The molecule has 0 spiro atoms. The number of likely N-dealkylation sites (N-methyl/N-ethyl adjacent to an activating group) is 1. The first kappa shape index (κ1) is 11.9. The molecule has 0 amide bonds. The molecule has 0 aliphatic carbocycles. The van der Waals surface area contributed by atoms with Crippen LogP contribution in [0.5, 0.6) is 0 Å². The van der Waals surface area contributed by atoms with Crippen molar-refractivity contribution in [2.75, 3.05) is 19.4 Å². The molecule has 1 rings (SSSR count). The first-order valence-corrected chi connectivity index (χ1v) is 5.79. The van der Waals surface area contributed by atoms with Crippen LogP contribution >= 0.6 is 23.4 Å². The van der Waals surface area contributed by atoms with Crippen molar-refractivity contribution >= 4 is 23.4 Å². The van der Waals surface area contributed by atoms with E-state index in [4.69, 9.17) is 16.7 Å². The van der Waals surface area contributed by atoms with Crippen LogP contribution in [0.2, 0.25) is 5.02 Å². The molecule has 0 bridgehead atoms. The monoisotopic (exact) mass is 231 g/mol. The van der Waals surface area contributed by atoms with Crippen molar-refractivity contribution in [2.24, 2.45) is 0 Å². The van der Waals surface area contributed by atoms with E-state index in [1.807, 2.05) is 31.3 Å². The van der Waals surface area contributed by atoms with Crippen molar-refractivity contribution in [1.82, 2.24) is 5.32 Å². The molecule has 14 heavy (non-hydrogen) atoms. The van der Waals surface area contributed by atoms with Crippen molar-refractivity contribution in [3.8, 4) is 0 Å². The lowest BCUT2D eigenvalue weighted by molar-refractivity contribution is 0.260. The molecule has 0 saturated heterocycles. The predicted molar refractivity (Wildman–Crippen MR) is 62.1 cm³/mol. The Morgan fingerprint density at radius 3 is 2.93 bits per heavy atom. The van der Waals surface area contributed by atoms with E-state index in [1.54, 1.807) is 11.8 Å². The Kier molecular flexibility index (Phi) is 5.33. The van der Waals surface area contributed by atoms with Gasteiger partial charge in [-0.2, -0.15) is 0 Å². The molecule has 0 heterocycles. The molecule has 0 aliphatic rings. The van der Waals surface area contributed by atoms with Crippen molar-refractivity contribution < 1.29 is 5.11 Å². The highest BCUT2D eigenvalue weighted by Crippen LogP contribution is 2.21. The second-order valence-electron chi connectivity index (χ2n) is 2.94. The third-order valence-corrected chi connectivity index (χ3v) is 3.27. The number of hydrogen-bond acceptors (Lipinski definition) is 3. The van der Waals surface area contributed by atoms with E-state index in [0.29, 0.717) is 0 Å².